The van der Waals surface area contributed by atoms with Crippen molar-refractivity contribution in [3.63, 3.8) is 0 Å². The van der Waals surface area contributed by atoms with Gasteiger partial charge in [0.25, 0.3) is 5.91 Å². The Hall–Kier alpha value is -3.64. The number of hydrogen-bond donors (Lipinski definition) is 2. The fourth-order valence-corrected chi connectivity index (χ4v) is 3.91. The van der Waals surface area contributed by atoms with E-state index in [0.717, 1.165) is 12.8 Å². The number of likely N-dealkylation sites (N-methyl/N-ethyl adjacent to an activating group) is 1. The molecular formula is C27H31FN4O4. The van der Waals surface area contributed by atoms with E-state index < -0.39 is 12.1 Å². The lowest BCUT2D eigenvalue weighted by atomic mass is 10.00. The molecule has 3 amide bonds. The maximum absolute atomic E-state index is 13.4. The molecule has 1 aliphatic carbocycles. The van der Waals surface area contributed by atoms with Gasteiger partial charge in [-0.05, 0) is 50.1 Å². The van der Waals surface area contributed by atoms with E-state index in [2.05, 4.69) is 22.1 Å². The molecule has 9 heteroatoms. The van der Waals surface area contributed by atoms with Crippen LogP contribution < -0.4 is 10.1 Å². The number of amides is 3. The number of rotatable bonds is 5. The van der Waals surface area contributed by atoms with Crippen molar-refractivity contribution in [3.05, 3.63) is 53.5 Å². The predicted octanol–water partition coefficient (Wildman–Crippen LogP) is 3.37. The summed E-state index contributed by atoms with van der Waals surface area (Å²) < 4.78 is 19.4. The molecule has 0 bridgehead atoms. The number of halogens is 1. The van der Waals surface area contributed by atoms with E-state index in [4.69, 9.17) is 4.74 Å². The van der Waals surface area contributed by atoms with Crippen LogP contribution in [0.25, 0.3) is 0 Å². The number of hydrogen-bond acceptors (Lipinski definition) is 5. The predicted molar refractivity (Wildman–Crippen MR) is 133 cm³/mol. The Morgan fingerprint density at radius 3 is 2.75 bits per heavy atom. The SMILES string of the molecule is C[C@H](CO)N1C[C@H](C)[C@@H](CN(C)C(=O)Nc2ccc(F)cc2)Oc2ncc(C#CC3CC3)cc2C1=O. The van der Waals surface area contributed by atoms with Gasteiger partial charge in [0.1, 0.15) is 17.5 Å². The van der Waals surface area contributed by atoms with Crippen molar-refractivity contribution in [2.24, 2.45) is 11.8 Å². The Morgan fingerprint density at radius 2 is 2.08 bits per heavy atom. The smallest absolute Gasteiger partial charge is 0.321 e. The van der Waals surface area contributed by atoms with Crippen LogP contribution in [0.1, 0.15) is 42.6 Å². The quantitative estimate of drug-likeness (QED) is 0.622. The molecule has 1 aliphatic heterocycles. The third kappa shape index (κ3) is 6.13. The molecule has 0 radical (unpaired) electrons. The second-order valence-corrected chi connectivity index (χ2v) is 9.56. The van der Waals surface area contributed by atoms with Crippen LogP contribution in [-0.2, 0) is 0 Å². The molecular weight excluding hydrogens is 463 g/mol. The van der Waals surface area contributed by atoms with Crippen molar-refractivity contribution in [1.82, 2.24) is 14.8 Å². The Bertz CT molecular complexity index is 1170. The van der Waals surface area contributed by atoms with Crippen LogP contribution in [-0.4, -0.2) is 70.7 Å². The number of fused-ring (bicyclic) bond motifs is 1. The summed E-state index contributed by atoms with van der Waals surface area (Å²) in [6, 6.07) is 6.42. The standard InChI is InChI=1S/C27H31FN4O4/c1-17-14-32(18(2)16-33)26(34)23-12-20(7-6-19-4-5-19)13-29-25(23)36-24(17)15-31(3)27(35)30-22-10-8-21(28)9-11-22/h8-13,17-19,24,33H,4-5,14-16H2,1-3H3,(H,30,35)/t17-,18+,24+/m0/s1. The number of aliphatic hydroxyl groups is 1. The van der Waals surface area contributed by atoms with Gasteiger partial charge in [-0.25, -0.2) is 14.2 Å². The van der Waals surface area contributed by atoms with Crippen molar-refractivity contribution < 1.29 is 23.8 Å². The average molecular weight is 495 g/mol. The minimum absolute atomic E-state index is 0.173. The number of ether oxygens (including phenoxy) is 1. The van der Waals surface area contributed by atoms with Crippen molar-refractivity contribution in [3.8, 4) is 17.7 Å². The zero-order valence-electron chi connectivity index (χ0n) is 20.7. The van der Waals surface area contributed by atoms with Crippen molar-refractivity contribution in [2.45, 2.75) is 38.8 Å². The van der Waals surface area contributed by atoms with Crippen molar-refractivity contribution in [1.29, 1.82) is 0 Å². The van der Waals surface area contributed by atoms with Crippen LogP contribution in [0, 0.1) is 29.5 Å². The second-order valence-electron chi connectivity index (χ2n) is 9.56. The highest BCUT2D eigenvalue weighted by molar-refractivity contribution is 5.97. The van der Waals surface area contributed by atoms with E-state index in [1.165, 1.54) is 29.2 Å². The summed E-state index contributed by atoms with van der Waals surface area (Å²) in [5, 5.41) is 12.5. The number of aromatic nitrogens is 1. The lowest BCUT2D eigenvalue weighted by Crippen LogP contribution is -2.50. The summed E-state index contributed by atoms with van der Waals surface area (Å²) in [4.78, 5) is 33.7. The third-order valence-electron chi connectivity index (χ3n) is 6.42. The molecule has 0 spiro atoms. The van der Waals surface area contributed by atoms with Gasteiger partial charge < -0.3 is 25.0 Å². The first-order valence-electron chi connectivity index (χ1n) is 12.1. The maximum atomic E-state index is 13.4. The largest absolute Gasteiger partial charge is 0.472 e. The van der Waals surface area contributed by atoms with Gasteiger partial charge in [0.05, 0.1) is 19.2 Å². The fraction of sp³-hybridized carbons (Fsp3) is 0.444. The first-order chi connectivity index (χ1) is 17.2. The Labute approximate surface area is 210 Å². The van der Waals surface area contributed by atoms with E-state index >= 15 is 0 Å². The van der Waals surface area contributed by atoms with E-state index in [9.17, 15) is 19.1 Å². The molecule has 2 heterocycles. The van der Waals surface area contributed by atoms with Gasteiger partial charge in [-0.1, -0.05) is 18.8 Å². The molecule has 0 unspecified atom stereocenters. The van der Waals surface area contributed by atoms with E-state index in [0.29, 0.717) is 23.7 Å². The molecule has 2 N–H and O–H groups in total. The van der Waals surface area contributed by atoms with Gasteiger partial charge in [-0.3, -0.25) is 4.79 Å². The summed E-state index contributed by atoms with van der Waals surface area (Å²) in [5.74, 6) is 6.02. The summed E-state index contributed by atoms with van der Waals surface area (Å²) in [6.07, 6.45) is 3.30. The van der Waals surface area contributed by atoms with Crippen LogP contribution in [0.3, 0.4) is 0 Å². The minimum Gasteiger partial charge on any atom is -0.472 e. The molecule has 8 nitrogen and oxygen atoms in total. The van der Waals surface area contributed by atoms with Gasteiger partial charge in [-0.15, -0.1) is 0 Å². The number of aliphatic hydroxyl groups excluding tert-OH is 1. The van der Waals surface area contributed by atoms with Crippen LogP contribution in [0.2, 0.25) is 0 Å². The molecule has 1 saturated carbocycles. The maximum Gasteiger partial charge on any atom is 0.321 e. The van der Waals surface area contributed by atoms with Gasteiger partial charge in [0, 0.05) is 42.9 Å². The number of urea groups is 1. The number of pyridine rings is 1. The highest BCUT2D eigenvalue weighted by Crippen LogP contribution is 2.29. The molecule has 2 aromatic rings. The number of carbonyl (C=O) groups excluding carboxylic acids is 2. The Kier molecular flexibility index (Phi) is 7.75. The lowest BCUT2D eigenvalue weighted by molar-refractivity contribution is 0.0356. The number of nitrogens with one attached hydrogen (secondary N) is 1. The normalized spacial score (nSPS) is 20.1. The van der Waals surface area contributed by atoms with E-state index in [1.807, 2.05) is 6.92 Å². The zero-order chi connectivity index (χ0) is 25.8. The molecule has 1 aromatic carbocycles. The molecule has 36 heavy (non-hydrogen) atoms. The van der Waals surface area contributed by atoms with Crippen molar-refractivity contribution in [2.75, 3.05) is 32.1 Å². The Morgan fingerprint density at radius 1 is 1.36 bits per heavy atom. The topological polar surface area (TPSA) is 95.0 Å². The van der Waals surface area contributed by atoms with Gasteiger partial charge in [0.15, 0.2) is 0 Å². The monoisotopic (exact) mass is 494 g/mol. The summed E-state index contributed by atoms with van der Waals surface area (Å²) in [5.41, 5.74) is 1.39. The molecule has 0 saturated heterocycles. The average Bonchev–Trinajstić information content (AvgIpc) is 3.70. The zero-order valence-corrected chi connectivity index (χ0v) is 20.7. The van der Waals surface area contributed by atoms with Crippen LogP contribution in [0.15, 0.2) is 36.5 Å². The molecule has 2 aliphatic rings. The van der Waals surface area contributed by atoms with Gasteiger partial charge >= 0.3 is 6.03 Å². The van der Waals surface area contributed by atoms with E-state index in [-0.39, 0.29) is 48.3 Å². The summed E-state index contributed by atoms with van der Waals surface area (Å²) in [7, 11) is 1.64. The van der Waals surface area contributed by atoms with E-state index in [1.54, 1.807) is 31.1 Å². The molecule has 4 rings (SSSR count). The fourth-order valence-electron chi connectivity index (χ4n) is 3.91. The first kappa shape index (κ1) is 25.5. The molecule has 3 atom stereocenters. The Balaban J connectivity index is 1.57. The van der Waals surface area contributed by atoms with Crippen molar-refractivity contribution >= 4 is 17.6 Å². The number of anilines is 1. The van der Waals surface area contributed by atoms with Crippen LogP contribution in [0.5, 0.6) is 5.88 Å². The minimum atomic E-state index is -0.481. The molecule has 190 valence electrons. The highest BCUT2D eigenvalue weighted by atomic mass is 19.1. The van der Waals surface area contributed by atoms with Gasteiger partial charge in [0.2, 0.25) is 5.88 Å². The third-order valence-corrected chi connectivity index (χ3v) is 6.42. The van der Waals surface area contributed by atoms with Crippen LogP contribution in [0.4, 0.5) is 14.9 Å². The second kappa shape index (κ2) is 11.0. The first-order valence-corrected chi connectivity index (χ1v) is 12.1. The summed E-state index contributed by atoms with van der Waals surface area (Å²) in [6.45, 7) is 4.08. The van der Waals surface area contributed by atoms with Gasteiger partial charge in [-0.2, -0.15) is 0 Å². The number of carbonyl (C=O) groups is 2. The number of nitrogens with zero attached hydrogens (tertiary/aromatic N) is 3. The lowest BCUT2D eigenvalue weighted by Gasteiger charge is -2.37. The van der Waals surface area contributed by atoms with Crippen LogP contribution >= 0.6 is 0 Å². The highest BCUT2D eigenvalue weighted by Gasteiger charge is 2.34. The molecule has 1 aromatic heterocycles. The number of benzene rings is 1. The molecule has 1 fully saturated rings. The summed E-state index contributed by atoms with van der Waals surface area (Å²) >= 11 is 0.